The second-order valence-electron chi connectivity index (χ2n) is 3.65. The largest absolute Gasteiger partial charge is 0.481 e. The number of carboxylic acid groups (broad SMARTS) is 1. The van der Waals surface area contributed by atoms with Gasteiger partial charge in [-0.2, -0.15) is 0 Å². The third-order valence-corrected chi connectivity index (χ3v) is 2.92. The van der Waals surface area contributed by atoms with Gasteiger partial charge in [-0.3, -0.25) is 4.79 Å². The van der Waals surface area contributed by atoms with Crippen molar-refractivity contribution in [2.24, 2.45) is 17.8 Å². The summed E-state index contributed by atoms with van der Waals surface area (Å²) in [5.41, 5.74) is 0. The summed E-state index contributed by atoms with van der Waals surface area (Å²) in [6.07, 6.45) is 2.91. The molecule has 0 aromatic rings. The van der Waals surface area contributed by atoms with E-state index in [4.69, 9.17) is 5.11 Å². The molecule has 0 spiro atoms. The molecule has 0 amide bonds. The fourth-order valence-corrected chi connectivity index (χ4v) is 2.11. The Hall–Kier alpha value is -0.530. The SMILES string of the molecule is CCC1CC(C(=O)O)CC1C. The zero-order valence-corrected chi connectivity index (χ0v) is 7.21. The molecule has 0 aliphatic heterocycles. The van der Waals surface area contributed by atoms with Crippen LogP contribution in [0, 0.1) is 17.8 Å². The van der Waals surface area contributed by atoms with Crippen LogP contribution in [0.2, 0.25) is 0 Å². The Morgan fingerprint density at radius 1 is 1.55 bits per heavy atom. The van der Waals surface area contributed by atoms with Crippen molar-refractivity contribution in [2.45, 2.75) is 33.1 Å². The van der Waals surface area contributed by atoms with E-state index in [9.17, 15) is 4.79 Å². The van der Waals surface area contributed by atoms with Crippen LogP contribution in [0.5, 0.6) is 0 Å². The van der Waals surface area contributed by atoms with Crippen LogP contribution in [0.3, 0.4) is 0 Å². The van der Waals surface area contributed by atoms with E-state index in [2.05, 4.69) is 13.8 Å². The second kappa shape index (κ2) is 3.24. The monoisotopic (exact) mass is 156 g/mol. The molecule has 0 radical (unpaired) electrons. The minimum absolute atomic E-state index is 0.0602. The van der Waals surface area contributed by atoms with Crippen LogP contribution in [0.25, 0.3) is 0 Å². The maximum Gasteiger partial charge on any atom is 0.306 e. The highest BCUT2D eigenvalue weighted by atomic mass is 16.4. The van der Waals surface area contributed by atoms with Gasteiger partial charge >= 0.3 is 5.97 Å². The van der Waals surface area contributed by atoms with E-state index in [-0.39, 0.29) is 5.92 Å². The molecular formula is C9H16O2. The quantitative estimate of drug-likeness (QED) is 0.665. The van der Waals surface area contributed by atoms with Gasteiger partial charge in [-0.05, 0) is 24.7 Å². The third-order valence-electron chi connectivity index (χ3n) is 2.92. The lowest BCUT2D eigenvalue weighted by Gasteiger charge is -2.10. The second-order valence-corrected chi connectivity index (χ2v) is 3.65. The molecule has 1 aliphatic carbocycles. The maximum atomic E-state index is 10.6. The van der Waals surface area contributed by atoms with Crippen LogP contribution in [0.15, 0.2) is 0 Å². The summed E-state index contributed by atoms with van der Waals surface area (Å²) < 4.78 is 0. The Bertz CT molecular complexity index is 154. The fraction of sp³-hybridized carbons (Fsp3) is 0.889. The zero-order valence-electron chi connectivity index (χ0n) is 7.21. The third kappa shape index (κ3) is 1.73. The van der Waals surface area contributed by atoms with Crippen LogP contribution in [0.4, 0.5) is 0 Å². The first-order chi connectivity index (χ1) is 5.15. The molecule has 1 N–H and O–H groups in total. The lowest BCUT2D eigenvalue weighted by molar-refractivity contribution is -0.141. The van der Waals surface area contributed by atoms with E-state index in [0.29, 0.717) is 11.8 Å². The molecule has 1 fully saturated rings. The van der Waals surface area contributed by atoms with Gasteiger partial charge < -0.3 is 5.11 Å². The van der Waals surface area contributed by atoms with Gasteiger partial charge in [-0.15, -0.1) is 0 Å². The lowest BCUT2D eigenvalue weighted by Crippen LogP contribution is -2.09. The molecule has 0 bridgehead atoms. The van der Waals surface area contributed by atoms with Gasteiger partial charge in [0.15, 0.2) is 0 Å². The van der Waals surface area contributed by atoms with Crippen LogP contribution in [-0.4, -0.2) is 11.1 Å². The summed E-state index contributed by atoms with van der Waals surface area (Å²) in [5, 5.41) is 8.74. The van der Waals surface area contributed by atoms with Crippen molar-refractivity contribution in [3.63, 3.8) is 0 Å². The van der Waals surface area contributed by atoms with Crippen molar-refractivity contribution >= 4 is 5.97 Å². The van der Waals surface area contributed by atoms with Crippen molar-refractivity contribution in [1.29, 1.82) is 0 Å². The van der Waals surface area contributed by atoms with Gasteiger partial charge in [0, 0.05) is 0 Å². The molecule has 3 unspecified atom stereocenters. The predicted molar refractivity (Wildman–Crippen MR) is 43.3 cm³/mol. The van der Waals surface area contributed by atoms with E-state index in [1.165, 1.54) is 0 Å². The summed E-state index contributed by atoms with van der Waals surface area (Å²) in [4.78, 5) is 10.6. The molecule has 0 aromatic carbocycles. The Balaban J connectivity index is 2.49. The van der Waals surface area contributed by atoms with E-state index in [1.54, 1.807) is 0 Å². The smallest absolute Gasteiger partial charge is 0.306 e. The van der Waals surface area contributed by atoms with Crippen molar-refractivity contribution < 1.29 is 9.90 Å². The van der Waals surface area contributed by atoms with Crippen molar-refractivity contribution in [2.75, 3.05) is 0 Å². The first-order valence-corrected chi connectivity index (χ1v) is 4.38. The molecule has 11 heavy (non-hydrogen) atoms. The maximum absolute atomic E-state index is 10.6. The lowest BCUT2D eigenvalue weighted by atomic mass is 9.96. The Kier molecular flexibility index (Phi) is 2.53. The minimum atomic E-state index is -0.604. The Morgan fingerprint density at radius 3 is 2.45 bits per heavy atom. The molecule has 1 aliphatic rings. The molecule has 64 valence electrons. The molecule has 3 atom stereocenters. The van der Waals surface area contributed by atoms with Crippen LogP contribution >= 0.6 is 0 Å². The van der Waals surface area contributed by atoms with Gasteiger partial charge in [-0.25, -0.2) is 0 Å². The molecule has 0 saturated heterocycles. The topological polar surface area (TPSA) is 37.3 Å². The highest BCUT2D eigenvalue weighted by Crippen LogP contribution is 2.37. The average molecular weight is 156 g/mol. The molecule has 1 rings (SSSR count). The van der Waals surface area contributed by atoms with E-state index in [1.807, 2.05) is 0 Å². The minimum Gasteiger partial charge on any atom is -0.481 e. The van der Waals surface area contributed by atoms with Crippen molar-refractivity contribution in [3.8, 4) is 0 Å². The van der Waals surface area contributed by atoms with E-state index in [0.717, 1.165) is 19.3 Å². The highest BCUT2D eigenvalue weighted by molar-refractivity contribution is 5.70. The first kappa shape index (κ1) is 8.57. The standard InChI is InChI=1S/C9H16O2/c1-3-7-5-8(9(10)11)4-6(7)2/h6-8H,3-5H2,1-2H3,(H,10,11). The first-order valence-electron chi connectivity index (χ1n) is 4.38. The molecule has 0 aromatic heterocycles. The number of carbonyl (C=O) groups is 1. The highest BCUT2D eigenvalue weighted by Gasteiger charge is 2.33. The summed E-state index contributed by atoms with van der Waals surface area (Å²) in [6, 6.07) is 0. The summed E-state index contributed by atoms with van der Waals surface area (Å²) in [5.74, 6) is 0.597. The number of hydrogen-bond acceptors (Lipinski definition) is 1. The number of hydrogen-bond donors (Lipinski definition) is 1. The van der Waals surface area contributed by atoms with E-state index >= 15 is 0 Å². The summed E-state index contributed by atoms with van der Waals surface area (Å²) in [6.45, 7) is 4.31. The van der Waals surface area contributed by atoms with Crippen LogP contribution < -0.4 is 0 Å². The van der Waals surface area contributed by atoms with Gasteiger partial charge in [-0.1, -0.05) is 20.3 Å². The van der Waals surface area contributed by atoms with Gasteiger partial charge in [0.25, 0.3) is 0 Å². The van der Waals surface area contributed by atoms with E-state index < -0.39 is 5.97 Å². The average Bonchev–Trinajstić information content (AvgIpc) is 2.31. The normalized spacial score (nSPS) is 37.5. The molecule has 0 heterocycles. The Morgan fingerprint density at radius 2 is 2.18 bits per heavy atom. The molecule has 1 saturated carbocycles. The zero-order chi connectivity index (χ0) is 8.43. The molecular weight excluding hydrogens is 140 g/mol. The van der Waals surface area contributed by atoms with Crippen LogP contribution in [-0.2, 0) is 4.79 Å². The number of carboxylic acids is 1. The molecule has 2 nitrogen and oxygen atoms in total. The Labute approximate surface area is 67.6 Å². The van der Waals surface area contributed by atoms with Crippen LogP contribution in [0.1, 0.15) is 33.1 Å². The number of rotatable bonds is 2. The van der Waals surface area contributed by atoms with Crippen molar-refractivity contribution in [1.82, 2.24) is 0 Å². The summed E-state index contributed by atoms with van der Waals surface area (Å²) >= 11 is 0. The van der Waals surface area contributed by atoms with Gasteiger partial charge in [0.2, 0.25) is 0 Å². The number of aliphatic carboxylic acids is 1. The molecule has 2 heteroatoms. The van der Waals surface area contributed by atoms with Gasteiger partial charge in [0.05, 0.1) is 5.92 Å². The van der Waals surface area contributed by atoms with Crippen molar-refractivity contribution in [3.05, 3.63) is 0 Å². The fourth-order valence-electron chi connectivity index (χ4n) is 2.11. The summed E-state index contributed by atoms with van der Waals surface area (Å²) in [7, 11) is 0. The van der Waals surface area contributed by atoms with Gasteiger partial charge in [0.1, 0.15) is 0 Å². The predicted octanol–water partition coefficient (Wildman–Crippen LogP) is 2.14.